The van der Waals surface area contributed by atoms with Crippen molar-refractivity contribution in [3.8, 4) is 11.4 Å². The average Bonchev–Trinajstić information content (AvgIpc) is 3.49. The van der Waals surface area contributed by atoms with E-state index in [4.69, 9.17) is 9.72 Å². The molecule has 0 saturated carbocycles. The maximum atomic E-state index is 11.9. The van der Waals surface area contributed by atoms with Crippen molar-refractivity contribution in [2.24, 2.45) is 0 Å². The number of thiazole rings is 1. The normalized spacial score (nSPS) is 14.5. The SMILES string of the molecule is COC(=O)C(=O)N1CCC(c2nc(COc3ccc(-n4cnnn4)cc3)cs2)CC1. The number of likely N-dealkylation sites (tertiary alicyclic amines) is 1. The smallest absolute Gasteiger partial charge is 0.396 e. The molecule has 11 heteroatoms. The van der Waals surface area contributed by atoms with Gasteiger partial charge in [-0.2, -0.15) is 0 Å². The lowest BCUT2D eigenvalue weighted by Gasteiger charge is -2.30. The summed E-state index contributed by atoms with van der Waals surface area (Å²) >= 11 is 1.60. The van der Waals surface area contributed by atoms with Crippen molar-refractivity contribution in [1.29, 1.82) is 0 Å². The van der Waals surface area contributed by atoms with Gasteiger partial charge in [-0.3, -0.25) is 4.79 Å². The van der Waals surface area contributed by atoms with Crippen LogP contribution in [0.3, 0.4) is 0 Å². The minimum Gasteiger partial charge on any atom is -0.487 e. The van der Waals surface area contributed by atoms with Gasteiger partial charge in [-0.15, -0.1) is 16.4 Å². The summed E-state index contributed by atoms with van der Waals surface area (Å²) < 4.78 is 11.9. The van der Waals surface area contributed by atoms with Gasteiger partial charge < -0.3 is 14.4 Å². The summed E-state index contributed by atoms with van der Waals surface area (Å²) in [7, 11) is 1.22. The fraction of sp³-hybridized carbons (Fsp3) is 0.368. The van der Waals surface area contributed by atoms with Gasteiger partial charge in [0.2, 0.25) is 0 Å². The molecule has 4 rings (SSSR count). The number of piperidine rings is 1. The Morgan fingerprint density at radius 3 is 2.63 bits per heavy atom. The van der Waals surface area contributed by atoms with Crippen LogP contribution in [0.5, 0.6) is 5.75 Å². The maximum Gasteiger partial charge on any atom is 0.396 e. The van der Waals surface area contributed by atoms with Gasteiger partial charge in [-0.1, -0.05) is 0 Å². The number of nitrogens with zero attached hydrogens (tertiary/aromatic N) is 6. The van der Waals surface area contributed by atoms with Crippen LogP contribution in [0.4, 0.5) is 0 Å². The van der Waals surface area contributed by atoms with Gasteiger partial charge in [0.1, 0.15) is 18.7 Å². The summed E-state index contributed by atoms with van der Waals surface area (Å²) in [5.41, 5.74) is 1.72. The molecule has 2 aromatic heterocycles. The van der Waals surface area contributed by atoms with E-state index >= 15 is 0 Å². The fourth-order valence-electron chi connectivity index (χ4n) is 3.25. The molecule has 0 spiro atoms. The molecule has 0 atom stereocenters. The second-order valence-corrected chi connectivity index (χ2v) is 7.66. The third-order valence-electron chi connectivity index (χ3n) is 4.90. The number of aromatic nitrogens is 5. The van der Waals surface area contributed by atoms with E-state index in [2.05, 4.69) is 20.3 Å². The Morgan fingerprint density at radius 1 is 1.20 bits per heavy atom. The van der Waals surface area contributed by atoms with Gasteiger partial charge in [-0.25, -0.2) is 14.5 Å². The van der Waals surface area contributed by atoms with Crippen LogP contribution in [0.2, 0.25) is 0 Å². The summed E-state index contributed by atoms with van der Waals surface area (Å²) in [6.07, 6.45) is 3.08. The highest BCUT2D eigenvalue weighted by Crippen LogP contribution is 2.30. The highest BCUT2D eigenvalue weighted by molar-refractivity contribution is 7.09. The van der Waals surface area contributed by atoms with E-state index in [9.17, 15) is 9.59 Å². The van der Waals surface area contributed by atoms with Crippen molar-refractivity contribution >= 4 is 23.2 Å². The number of carbonyl (C=O) groups is 2. The van der Waals surface area contributed by atoms with E-state index in [1.807, 2.05) is 29.6 Å². The molecule has 0 radical (unpaired) electrons. The van der Waals surface area contributed by atoms with Crippen molar-refractivity contribution in [1.82, 2.24) is 30.1 Å². The van der Waals surface area contributed by atoms with Crippen LogP contribution in [0.25, 0.3) is 5.69 Å². The summed E-state index contributed by atoms with van der Waals surface area (Å²) in [5.74, 6) is -0.375. The van der Waals surface area contributed by atoms with Gasteiger partial charge in [0.15, 0.2) is 0 Å². The maximum absolute atomic E-state index is 11.9. The molecule has 10 nitrogen and oxygen atoms in total. The number of hydrogen-bond acceptors (Lipinski definition) is 9. The number of hydrogen-bond donors (Lipinski definition) is 0. The molecular weight excluding hydrogens is 408 g/mol. The molecule has 0 bridgehead atoms. The van der Waals surface area contributed by atoms with E-state index in [-0.39, 0.29) is 5.92 Å². The molecule has 1 aliphatic heterocycles. The summed E-state index contributed by atoms with van der Waals surface area (Å²) in [4.78, 5) is 29.5. The molecule has 1 fully saturated rings. The number of carbonyl (C=O) groups excluding carboxylic acids is 2. The molecule has 3 aromatic rings. The lowest BCUT2D eigenvalue weighted by atomic mass is 9.97. The Morgan fingerprint density at radius 2 is 1.97 bits per heavy atom. The average molecular weight is 428 g/mol. The molecular formula is C19H20N6O4S. The number of rotatable bonds is 5. The standard InChI is InChI=1S/C19H20N6O4S/c1-28-19(27)18(26)24-8-6-13(7-9-24)17-21-14(11-30-17)10-29-16-4-2-15(3-5-16)25-12-20-22-23-25/h2-5,11-13H,6-10H2,1H3. The van der Waals surface area contributed by atoms with Gasteiger partial charge in [0.05, 0.1) is 23.5 Å². The number of ether oxygens (including phenoxy) is 2. The first kappa shape index (κ1) is 20.0. The Balaban J connectivity index is 1.28. The molecule has 1 aromatic carbocycles. The monoisotopic (exact) mass is 428 g/mol. The number of amides is 1. The van der Waals surface area contributed by atoms with Crippen LogP contribution in [0.15, 0.2) is 36.0 Å². The van der Waals surface area contributed by atoms with Gasteiger partial charge in [-0.05, 0) is 47.5 Å². The second kappa shape index (κ2) is 8.99. The predicted octanol–water partition coefficient (Wildman–Crippen LogP) is 1.58. The van der Waals surface area contributed by atoms with Crippen LogP contribution in [0, 0.1) is 0 Å². The quantitative estimate of drug-likeness (QED) is 0.445. The Hall–Kier alpha value is -3.34. The highest BCUT2D eigenvalue weighted by Gasteiger charge is 2.29. The van der Waals surface area contributed by atoms with Gasteiger partial charge >= 0.3 is 11.9 Å². The lowest BCUT2D eigenvalue weighted by Crippen LogP contribution is -2.42. The zero-order chi connectivity index (χ0) is 20.9. The Bertz CT molecular complexity index is 996. The Labute approximate surface area is 176 Å². The molecule has 0 aliphatic carbocycles. The topological polar surface area (TPSA) is 112 Å². The number of benzene rings is 1. The zero-order valence-corrected chi connectivity index (χ0v) is 17.1. The Kier molecular flexibility index (Phi) is 5.98. The summed E-state index contributed by atoms with van der Waals surface area (Å²) in [6, 6.07) is 7.47. The van der Waals surface area contributed by atoms with E-state index in [0.717, 1.165) is 35.0 Å². The number of tetrazole rings is 1. The largest absolute Gasteiger partial charge is 0.487 e. The molecule has 1 aliphatic rings. The van der Waals surface area contributed by atoms with Crippen LogP contribution in [-0.2, 0) is 20.9 Å². The minimum absolute atomic E-state index is 0.279. The van der Waals surface area contributed by atoms with Crippen LogP contribution in [0.1, 0.15) is 29.5 Å². The van der Waals surface area contributed by atoms with Crippen LogP contribution >= 0.6 is 11.3 Å². The number of esters is 1. The zero-order valence-electron chi connectivity index (χ0n) is 16.3. The van der Waals surface area contributed by atoms with Crippen molar-refractivity contribution in [3.63, 3.8) is 0 Å². The van der Waals surface area contributed by atoms with Crippen LogP contribution in [-0.4, -0.2) is 62.2 Å². The third-order valence-corrected chi connectivity index (χ3v) is 5.95. The summed E-state index contributed by atoms with van der Waals surface area (Å²) in [6.45, 7) is 1.43. The predicted molar refractivity (Wildman–Crippen MR) is 106 cm³/mol. The molecule has 0 unspecified atom stereocenters. The lowest BCUT2D eigenvalue weighted by molar-refractivity contribution is -0.158. The van der Waals surface area contributed by atoms with E-state index in [0.29, 0.717) is 19.7 Å². The van der Waals surface area contributed by atoms with Gasteiger partial charge in [0, 0.05) is 24.4 Å². The second-order valence-electron chi connectivity index (χ2n) is 6.77. The molecule has 30 heavy (non-hydrogen) atoms. The first-order chi connectivity index (χ1) is 14.6. The highest BCUT2D eigenvalue weighted by atomic mass is 32.1. The molecule has 0 N–H and O–H groups in total. The fourth-order valence-corrected chi connectivity index (χ4v) is 4.23. The van der Waals surface area contributed by atoms with Crippen molar-refractivity contribution in [3.05, 3.63) is 46.7 Å². The summed E-state index contributed by atoms with van der Waals surface area (Å²) in [5, 5.41) is 14.1. The number of methoxy groups -OCH3 is 1. The van der Waals surface area contributed by atoms with Crippen molar-refractivity contribution in [2.45, 2.75) is 25.4 Å². The molecule has 1 amide bonds. The van der Waals surface area contributed by atoms with E-state index in [1.54, 1.807) is 20.9 Å². The van der Waals surface area contributed by atoms with Gasteiger partial charge in [0.25, 0.3) is 0 Å². The van der Waals surface area contributed by atoms with E-state index in [1.165, 1.54) is 13.4 Å². The molecule has 1 saturated heterocycles. The molecule has 156 valence electrons. The third kappa shape index (κ3) is 4.46. The van der Waals surface area contributed by atoms with E-state index < -0.39 is 11.9 Å². The minimum atomic E-state index is -0.812. The van der Waals surface area contributed by atoms with Crippen molar-refractivity contribution < 1.29 is 19.1 Å². The first-order valence-corrected chi connectivity index (χ1v) is 10.3. The van der Waals surface area contributed by atoms with Crippen LogP contribution < -0.4 is 4.74 Å². The first-order valence-electron chi connectivity index (χ1n) is 9.42. The molecule has 3 heterocycles. The van der Waals surface area contributed by atoms with Crippen molar-refractivity contribution in [2.75, 3.05) is 20.2 Å².